The number of hydrogen-bond acceptors (Lipinski definition) is 6. The normalized spacial score (nSPS) is 17.8. The molecule has 0 bridgehead atoms. The number of thiol groups is 1. The largest absolute Gasteiger partial charge is 0.244 e. The molecule has 5 nitrogen and oxygen atoms in total. The van der Waals surface area contributed by atoms with Gasteiger partial charge in [0.2, 0.25) is 5.56 Å². The third-order valence-corrected chi connectivity index (χ3v) is 3.59. The van der Waals surface area contributed by atoms with Crippen LogP contribution in [0.1, 0.15) is 5.69 Å². The van der Waals surface area contributed by atoms with Gasteiger partial charge in [0, 0.05) is 5.56 Å². The minimum Gasteiger partial charge on any atom is -0.244 e. The van der Waals surface area contributed by atoms with Crippen molar-refractivity contribution in [1.82, 2.24) is 15.4 Å². The van der Waals surface area contributed by atoms with Gasteiger partial charge in [-0.25, -0.2) is 25.3 Å². The molecule has 2 aromatic rings. The summed E-state index contributed by atoms with van der Waals surface area (Å²) in [6.07, 6.45) is 1.45. The van der Waals surface area contributed by atoms with Gasteiger partial charge in [0.1, 0.15) is 12.0 Å². The summed E-state index contributed by atoms with van der Waals surface area (Å²) in [4.78, 5) is 17.5. The van der Waals surface area contributed by atoms with Crippen LogP contribution in [0.5, 0.6) is 0 Å². The number of amidine groups is 1. The molecule has 1 aliphatic rings. The summed E-state index contributed by atoms with van der Waals surface area (Å²) < 4.78 is 0. The molecule has 0 saturated heterocycles. The van der Waals surface area contributed by atoms with Crippen molar-refractivity contribution < 1.29 is 4.84 Å². The van der Waals surface area contributed by atoms with E-state index in [0.717, 1.165) is 5.56 Å². The molecule has 8 heteroatoms. The molecule has 0 saturated carbocycles. The van der Waals surface area contributed by atoms with Gasteiger partial charge in [0.05, 0.1) is 15.7 Å². The minimum atomic E-state index is -0.534. The Morgan fingerprint density at radius 2 is 1.90 bits per heavy atom. The van der Waals surface area contributed by atoms with E-state index >= 15 is 0 Å². The average molecular weight is 327 g/mol. The fourth-order valence-electron chi connectivity index (χ4n) is 1.69. The summed E-state index contributed by atoms with van der Waals surface area (Å²) in [5, 5.41) is 0.970. The molecular formula is C12H8Cl2N4OS. The van der Waals surface area contributed by atoms with Gasteiger partial charge in [-0.3, -0.25) is 0 Å². The Bertz CT molecular complexity index is 695. The lowest BCUT2D eigenvalue weighted by atomic mass is 10.1. The lowest BCUT2D eigenvalue weighted by Crippen LogP contribution is -2.19. The molecule has 1 atom stereocenters. The summed E-state index contributed by atoms with van der Waals surface area (Å²) in [5.41, 5.74) is 4.28. The molecule has 0 radical (unpaired) electrons. The van der Waals surface area contributed by atoms with Crippen molar-refractivity contribution >= 4 is 41.7 Å². The topological polar surface area (TPSA) is 59.4 Å². The Kier molecular flexibility index (Phi) is 3.80. The van der Waals surface area contributed by atoms with Crippen molar-refractivity contribution in [3.8, 4) is 11.3 Å². The first-order valence-corrected chi connectivity index (χ1v) is 6.86. The molecule has 102 valence electrons. The van der Waals surface area contributed by atoms with Crippen molar-refractivity contribution in [2.24, 2.45) is 4.99 Å². The van der Waals surface area contributed by atoms with E-state index in [9.17, 15) is 0 Å². The molecule has 1 aliphatic heterocycles. The van der Waals surface area contributed by atoms with Gasteiger partial charge in [0.25, 0.3) is 0 Å². The van der Waals surface area contributed by atoms with E-state index in [1.807, 2.05) is 6.07 Å². The lowest BCUT2D eigenvalue weighted by Gasteiger charge is -2.05. The van der Waals surface area contributed by atoms with Gasteiger partial charge >= 0.3 is 0 Å². The summed E-state index contributed by atoms with van der Waals surface area (Å²) in [7, 11) is 0. The summed E-state index contributed by atoms with van der Waals surface area (Å²) >= 11 is 16.0. The summed E-state index contributed by atoms with van der Waals surface area (Å²) in [6.45, 7) is 0. The maximum Gasteiger partial charge on any atom is 0.221 e. The predicted octanol–water partition coefficient (Wildman–Crippen LogP) is 2.95. The number of rotatable bonds is 2. The number of halogens is 2. The smallest absolute Gasteiger partial charge is 0.221 e. The van der Waals surface area contributed by atoms with Crippen LogP contribution < -0.4 is 5.48 Å². The van der Waals surface area contributed by atoms with Gasteiger partial charge < -0.3 is 0 Å². The zero-order valence-corrected chi connectivity index (χ0v) is 12.3. The molecular weight excluding hydrogens is 319 g/mol. The highest BCUT2D eigenvalue weighted by Crippen LogP contribution is 2.27. The molecule has 1 aromatic heterocycles. The van der Waals surface area contributed by atoms with E-state index in [1.165, 1.54) is 6.33 Å². The van der Waals surface area contributed by atoms with Crippen molar-refractivity contribution in [1.29, 1.82) is 0 Å². The fraction of sp³-hybridized carbons (Fsp3) is 0.0833. The van der Waals surface area contributed by atoms with E-state index in [0.29, 0.717) is 27.3 Å². The second-order valence-corrected chi connectivity index (χ2v) is 5.20. The quantitative estimate of drug-likeness (QED) is 0.833. The summed E-state index contributed by atoms with van der Waals surface area (Å²) in [6, 6.07) is 7.08. The lowest BCUT2D eigenvalue weighted by molar-refractivity contribution is 0.0937. The van der Waals surface area contributed by atoms with E-state index in [4.69, 9.17) is 28.0 Å². The first-order valence-electron chi connectivity index (χ1n) is 5.59. The van der Waals surface area contributed by atoms with Crippen molar-refractivity contribution in [3.63, 3.8) is 0 Å². The van der Waals surface area contributed by atoms with E-state index in [-0.39, 0.29) is 0 Å². The zero-order chi connectivity index (χ0) is 14.1. The molecule has 0 spiro atoms. The van der Waals surface area contributed by atoms with Crippen LogP contribution in [-0.4, -0.2) is 21.4 Å². The van der Waals surface area contributed by atoms with Crippen molar-refractivity contribution in [2.75, 3.05) is 0 Å². The SMILES string of the molecule is SC1N=C(c2cc(-c3ccc(Cl)c(Cl)c3)ncn2)NO1. The predicted molar refractivity (Wildman–Crippen MR) is 81.0 cm³/mol. The molecule has 1 N–H and O–H groups in total. The highest BCUT2D eigenvalue weighted by atomic mass is 35.5. The van der Waals surface area contributed by atoms with E-state index in [2.05, 4.69) is 33.1 Å². The number of hydroxylamine groups is 1. The Balaban J connectivity index is 1.99. The van der Waals surface area contributed by atoms with Crippen LogP contribution >= 0.6 is 35.8 Å². The van der Waals surface area contributed by atoms with Gasteiger partial charge in [0.15, 0.2) is 5.84 Å². The number of nitrogens with zero attached hydrogens (tertiary/aromatic N) is 3. The number of aliphatic imine (C=N–C) groups is 1. The second-order valence-electron chi connectivity index (χ2n) is 3.94. The maximum atomic E-state index is 6.01. The van der Waals surface area contributed by atoms with Crippen LogP contribution in [0.3, 0.4) is 0 Å². The van der Waals surface area contributed by atoms with E-state index < -0.39 is 5.56 Å². The summed E-state index contributed by atoms with van der Waals surface area (Å²) in [5.74, 6) is 0.508. The van der Waals surface area contributed by atoms with Crippen LogP contribution in [0.2, 0.25) is 10.0 Å². The monoisotopic (exact) mass is 326 g/mol. The Labute approximate surface area is 130 Å². The Morgan fingerprint density at radius 1 is 1.10 bits per heavy atom. The Morgan fingerprint density at radius 3 is 2.60 bits per heavy atom. The molecule has 2 heterocycles. The number of nitrogens with one attached hydrogen (secondary N) is 1. The first-order chi connectivity index (χ1) is 9.63. The van der Waals surface area contributed by atoms with Gasteiger partial charge in [-0.05, 0) is 18.2 Å². The standard InChI is InChI=1S/C12H8Cl2N4OS/c13-7-2-1-6(3-8(7)14)9-4-10(16-5-15-9)11-17-12(20)19-18-11/h1-5,12,20H,(H,17,18). The zero-order valence-electron chi connectivity index (χ0n) is 9.92. The molecule has 0 aliphatic carbocycles. The average Bonchev–Trinajstić information content (AvgIpc) is 2.89. The van der Waals surface area contributed by atoms with Crippen molar-refractivity contribution in [2.45, 2.75) is 5.56 Å². The molecule has 3 rings (SSSR count). The highest BCUT2D eigenvalue weighted by molar-refractivity contribution is 7.80. The number of hydrogen-bond donors (Lipinski definition) is 2. The minimum absolute atomic E-state index is 0.472. The molecule has 1 unspecified atom stereocenters. The second kappa shape index (κ2) is 5.57. The van der Waals surface area contributed by atoms with Crippen LogP contribution in [0.25, 0.3) is 11.3 Å². The van der Waals surface area contributed by atoms with E-state index in [1.54, 1.807) is 18.2 Å². The number of benzene rings is 1. The number of aromatic nitrogens is 2. The van der Waals surface area contributed by atoms with Crippen LogP contribution in [0.15, 0.2) is 35.6 Å². The van der Waals surface area contributed by atoms with Gasteiger partial charge in [-0.2, -0.15) is 0 Å². The first kappa shape index (κ1) is 13.6. The third-order valence-electron chi connectivity index (χ3n) is 2.63. The van der Waals surface area contributed by atoms with Crippen LogP contribution in [-0.2, 0) is 4.84 Å². The Hall–Kier alpha value is -1.34. The van der Waals surface area contributed by atoms with Crippen LogP contribution in [0, 0.1) is 0 Å². The highest BCUT2D eigenvalue weighted by Gasteiger charge is 2.17. The van der Waals surface area contributed by atoms with Crippen LogP contribution in [0.4, 0.5) is 0 Å². The molecule has 0 fully saturated rings. The fourth-order valence-corrected chi connectivity index (χ4v) is 2.16. The molecule has 1 aromatic carbocycles. The molecule has 20 heavy (non-hydrogen) atoms. The molecule has 0 amide bonds. The maximum absolute atomic E-state index is 6.01. The van der Waals surface area contributed by atoms with Gasteiger partial charge in [-0.15, -0.1) is 12.6 Å². The van der Waals surface area contributed by atoms with Crippen molar-refractivity contribution in [3.05, 3.63) is 46.3 Å². The third kappa shape index (κ3) is 2.73. The van der Waals surface area contributed by atoms with Gasteiger partial charge in [-0.1, -0.05) is 29.3 Å².